The van der Waals surface area contributed by atoms with Crippen molar-refractivity contribution >= 4 is 29.6 Å². The van der Waals surface area contributed by atoms with Gasteiger partial charge in [-0.1, -0.05) is 75.8 Å². The Kier molecular flexibility index (Phi) is 16.4. The predicted octanol–water partition coefficient (Wildman–Crippen LogP) is 6.54. The molecule has 0 saturated carbocycles. The second kappa shape index (κ2) is 20.1. The standard InChI is InChI=1S/C37H47N3O10/c1-8-9-14-28(48-36(44)49-29-19-17-27(18-20-29)40(45)46)15-12-23-38-34(42)33(37(4,5)6)39-32(41)16-11-10-13-25(2)24-26(3)30-21-22-31(47-7)35(43)50-30/h8-13,16-20,22-24,26,28,30,33H,14-15,21H2,1-7H3,(H,38,42)(H,39,41)/b9-8-,13-10-,16-11-,23-12-,25-24+/t26-,28-,30-,33+/m0/s1. The molecular weight excluding hydrogens is 646 g/mol. The molecule has 0 radical (unpaired) electrons. The van der Waals surface area contributed by atoms with Crippen molar-refractivity contribution < 1.29 is 43.0 Å². The van der Waals surface area contributed by atoms with Crippen LogP contribution >= 0.6 is 0 Å². The molecule has 2 amide bonds. The largest absolute Gasteiger partial charge is 0.514 e. The molecule has 0 unspecified atom stereocenters. The number of hydrogen-bond acceptors (Lipinski definition) is 10. The molecule has 13 heteroatoms. The number of benzene rings is 1. The second-order valence-electron chi connectivity index (χ2n) is 12.5. The Morgan fingerprint density at radius 3 is 2.36 bits per heavy atom. The molecule has 270 valence electrons. The van der Waals surface area contributed by atoms with Gasteiger partial charge in [-0.25, -0.2) is 9.59 Å². The summed E-state index contributed by atoms with van der Waals surface area (Å²) in [5, 5.41) is 16.3. The molecule has 2 N–H and O–H groups in total. The number of esters is 1. The summed E-state index contributed by atoms with van der Waals surface area (Å²) in [4.78, 5) is 60.3. The highest BCUT2D eigenvalue weighted by Crippen LogP contribution is 2.23. The summed E-state index contributed by atoms with van der Waals surface area (Å²) in [7, 11) is 1.43. The fraction of sp³-hybridized carbons (Fsp3) is 0.405. The van der Waals surface area contributed by atoms with Crippen LogP contribution in [0.5, 0.6) is 5.75 Å². The summed E-state index contributed by atoms with van der Waals surface area (Å²) in [6.07, 6.45) is 16.1. The Labute approximate surface area is 292 Å². The van der Waals surface area contributed by atoms with E-state index in [0.29, 0.717) is 12.8 Å². The SMILES string of the molecule is C/C=C\C[C@@H](C/C=C\NC(=O)[C@@H](NC(=O)\C=C/C=C\C(C)=C\[C@H](C)[C@@H]1CC=C(OC)C(=O)O1)C(C)(C)C)OC(=O)Oc1ccc([N+](=O)[O-])cc1. The van der Waals surface area contributed by atoms with Crippen LogP contribution in [0.1, 0.15) is 60.8 Å². The molecule has 0 aliphatic carbocycles. The number of rotatable bonds is 16. The summed E-state index contributed by atoms with van der Waals surface area (Å²) in [6, 6.07) is 4.15. The van der Waals surface area contributed by atoms with Gasteiger partial charge in [-0.2, -0.15) is 0 Å². The Morgan fingerprint density at radius 2 is 1.76 bits per heavy atom. The lowest BCUT2D eigenvalue weighted by atomic mass is 9.86. The normalized spacial score (nSPS) is 17.3. The topological polar surface area (TPSA) is 172 Å². The summed E-state index contributed by atoms with van der Waals surface area (Å²) >= 11 is 0. The second-order valence-corrected chi connectivity index (χ2v) is 12.5. The van der Waals surface area contributed by atoms with Crippen LogP contribution in [-0.4, -0.2) is 54.2 Å². The van der Waals surface area contributed by atoms with Gasteiger partial charge < -0.3 is 29.6 Å². The highest BCUT2D eigenvalue weighted by molar-refractivity contribution is 5.93. The first-order valence-corrected chi connectivity index (χ1v) is 16.1. The Bertz CT molecular complexity index is 1530. The van der Waals surface area contributed by atoms with Crippen LogP contribution in [0, 0.1) is 21.4 Å². The first kappa shape index (κ1) is 40.7. The van der Waals surface area contributed by atoms with E-state index in [1.807, 2.05) is 59.8 Å². The van der Waals surface area contributed by atoms with Crippen molar-refractivity contribution in [2.75, 3.05) is 7.11 Å². The van der Waals surface area contributed by atoms with E-state index in [-0.39, 0.29) is 35.6 Å². The number of non-ortho nitro benzene ring substituents is 1. The molecule has 50 heavy (non-hydrogen) atoms. The zero-order valence-electron chi connectivity index (χ0n) is 29.5. The van der Waals surface area contributed by atoms with Gasteiger partial charge in [0.15, 0.2) is 5.76 Å². The third-order valence-corrected chi connectivity index (χ3v) is 7.35. The van der Waals surface area contributed by atoms with Crippen molar-refractivity contribution in [3.8, 4) is 5.75 Å². The molecule has 13 nitrogen and oxygen atoms in total. The molecule has 0 aromatic heterocycles. The van der Waals surface area contributed by atoms with E-state index in [1.165, 1.54) is 43.7 Å². The number of nitro groups is 1. The smallest absolute Gasteiger partial charge is 0.490 e. The first-order chi connectivity index (χ1) is 23.6. The number of methoxy groups -OCH3 is 1. The molecular formula is C37H47N3O10. The van der Waals surface area contributed by atoms with Crippen molar-refractivity contribution in [3.05, 3.63) is 107 Å². The number of carbonyl (C=O) groups is 4. The van der Waals surface area contributed by atoms with Crippen LogP contribution in [0.4, 0.5) is 10.5 Å². The summed E-state index contributed by atoms with van der Waals surface area (Å²) in [5.74, 6) is -1.10. The summed E-state index contributed by atoms with van der Waals surface area (Å²) in [5.41, 5.74) is 0.157. The lowest BCUT2D eigenvalue weighted by molar-refractivity contribution is -0.384. The number of hydrogen-bond donors (Lipinski definition) is 2. The molecule has 0 spiro atoms. The summed E-state index contributed by atoms with van der Waals surface area (Å²) in [6.45, 7) is 11.2. The molecule has 1 aliphatic heterocycles. The molecule has 0 saturated heterocycles. The van der Waals surface area contributed by atoms with Crippen LogP contribution in [-0.2, 0) is 28.6 Å². The molecule has 4 atom stereocenters. The van der Waals surface area contributed by atoms with E-state index >= 15 is 0 Å². The Balaban J connectivity index is 1.91. The fourth-order valence-corrected chi connectivity index (χ4v) is 4.65. The molecule has 1 heterocycles. The van der Waals surface area contributed by atoms with E-state index in [2.05, 4.69) is 10.6 Å². The minimum absolute atomic E-state index is 0.0387. The highest BCUT2D eigenvalue weighted by atomic mass is 16.7. The number of amides is 2. The van der Waals surface area contributed by atoms with Crippen molar-refractivity contribution in [2.45, 2.75) is 79.1 Å². The minimum Gasteiger partial charge on any atom is -0.490 e. The third-order valence-electron chi connectivity index (χ3n) is 7.35. The Hall–Kier alpha value is -5.46. The van der Waals surface area contributed by atoms with Gasteiger partial charge in [0.2, 0.25) is 11.8 Å². The monoisotopic (exact) mass is 693 g/mol. The Morgan fingerprint density at radius 1 is 1.10 bits per heavy atom. The van der Waals surface area contributed by atoms with Gasteiger partial charge in [0.05, 0.1) is 12.0 Å². The number of nitrogens with zero attached hydrogens (tertiary/aromatic N) is 1. The average Bonchev–Trinajstić information content (AvgIpc) is 3.05. The van der Waals surface area contributed by atoms with E-state index < -0.39 is 46.4 Å². The lowest BCUT2D eigenvalue weighted by Crippen LogP contribution is -2.52. The first-order valence-electron chi connectivity index (χ1n) is 16.1. The van der Waals surface area contributed by atoms with Crippen LogP contribution in [0.3, 0.4) is 0 Å². The van der Waals surface area contributed by atoms with Crippen molar-refractivity contribution in [2.24, 2.45) is 11.3 Å². The van der Waals surface area contributed by atoms with Crippen molar-refractivity contribution in [3.63, 3.8) is 0 Å². The number of nitrogens with one attached hydrogen (secondary N) is 2. The number of ether oxygens (including phenoxy) is 4. The summed E-state index contributed by atoms with van der Waals surface area (Å²) < 4.78 is 21.0. The van der Waals surface area contributed by atoms with Crippen LogP contribution < -0.4 is 15.4 Å². The maximum absolute atomic E-state index is 13.1. The molecule has 1 aromatic rings. The molecule has 0 fully saturated rings. The van der Waals surface area contributed by atoms with Gasteiger partial charge in [-0.3, -0.25) is 19.7 Å². The quantitative estimate of drug-likeness (QED) is 0.0368. The van der Waals surface area contributed by atoms with Crippen molar-refractivity contribution in [1.29, 1.82) is 0 Å². The molecule has 1 aromatic carbocycles. The lowest BCUT2D eigenvalue weighted by Gasteiger charge is -2.29. The van der Waals surface area contributed by atoms with Gasteiger partial charge in [0.1, 0.15) is 24.0 Å². The van der Waals surface area contributed by atoms with E-state index in [0.717, 1.165) is 5.57 Å². The zero-order valence-corrected chi connectivity index (χ0v) is 29.5. The average molecular weight is 694 g/mol. The molecule has 0 bridgehead atoms. The zero-order chi connectivity index (χ0) is 37.3. The fourth-order valence-electron chi connectivity index (χ4n) is 4.65. The molecule has 2 rings (SSSR count). The van der Waals surface area contributed by atoms with Gasteiger partial charge >= 0.3 is 12.1 Å². The van der Waals surface area contributed by atoms with Gasteiger partial charge in [0, 0.05) is 43.4 Å². The minimum atomic E-state index is -0.976. The van der Waals surface area contributed by atoms with Gasteiger partial charge in [-0.15, -0.1) is 0 Å². The van der Waals surface area contributed by atoms with Gasteiger partial charge in [-0.05, 0) is 43.7 Å². The number of nitro benzene ring substituents is 1. The maximum Gasteiger partial charge on any atom is 0.514 e. The van der Waals surface area contributed by atoms with Crippen LogP contribution in [0.15, 0.2) is 96.5 Å². The van der Waals surface area contributed by atoms with E-state index in [4.69, 9.17) is 18.9 Å². The van der Waals surface area contributed by atoms with E-state index in [9.17, 15) is 29.3 Å². The number of allylic oxidation sites excluding steroid dienone is 5. The highest BCUT2D eigenvalue weighted by Gasteiger charge is 2.32. The van der Waals surface area contributed by atoms with Crippen LogP contribution in [0.25, 0.3) is 0 Å². The van der Waals surface area contributed by atoms with Crippen molar-refractivity contribution in [1.82, 2.24) is 10.6 Å². The van der Waals surface area contributed by atoms with Crippen LogP contribution in [0.2, 0.25) is 0 Å². The number of cyclic esters (lactones) is 1. The van der Waals surface area contributed by atoms with Gasteiger partial charge in [0.25, 0.3) is 5.69 Å². The van der Waals surface area contributed by atoms with E-state index in [1.54, 1.807) is 30.4 Å². The molecule has 1 aliphatic rings. The third kappa shape index (κ3) is 14.3. The predicted molar refractivity (Wildman–Crippen MR) is 187 cm³/mol. The maximum atomic E-state index is 13.1. The number of carbonyl (C=O) groups excluding carboxylic acids is 4.